The third kappa shape index (κ3) is 2.25. The van der Waals surface area contributed by atoms with E-state index in [4.69, 9.17) is 4.84 Å². The third-order valence-electron chi connectivity index (χ3n) is 2.85. The van der Waals surface area contributed by atoms with Crippen molar-refractivity contribution < 1.29 is 9.63 Å². The van der Waals surface area contributed by atoms with E-state index in [9.17, 15) is 4.79 Å². The average molecular weight is 198 g/mol. The molecule has 2 saturated heterocycles. The summed E-state index contributed by atoms with van der Waals surface area (Å²) in [5.41, 5.74) is 0. The Bertz CT molecular complexity index is 214. The van der Waals surface area contributed by atoms with Crippen molar-refractivity contribution >= 4 is 5.91 Å². The van der Waals surface area contributed by atoms with Gasteiger partial charge in [-0.05, 0) is 26.3 Å². The monoisotopic (exact) mass is 198 g/mol. The Kier molecular flexibility index (Phi) is 3.03. The minimum atomic E-state index is 0.0612. The molecule has 4 nitrogen and oxygen atoms in total. The van der Waals surface area contributed by atoms with E-state index >= 15 is 0 Å². The smallest absolute Gasteiger partial charge is 0.248 e. The van der Waals surface area contributed by atoms with Crippen LogP contribution in [0.15, 0.2) is 0 Å². The number of carbonyl (C=O) groups is 1. The van der Waals surface area contributed by atoms with Crippen LogP contribution in [0.25, 0.3) is 0 Å². The van der Waals surface area contributed by atoms with Crippen LogP contribution in [-0.4, -0.2) is 36.2 Å². The fourth-order valence-corrected chi connectivity index (χ4v) is 2.09. The average Bonchev–Trinajstić information content (AvgIpc) is 2.47. The zero-order chi connectivity index (χ0) is 9.97. The van der Waals surface area contributed by atoms with Gasteiger partial charge in [0.2, 0.25) is 5.91 Å². The van der Waals surface area contributed by atoms with E-state index in [0.717, 1.165) is 13.0 Å². The van der Waals surface area contributed by atoms with Crippen molar-refractivity contribution in [2.75, 3.05) is 13.1 Å². The molecule has 0 aliphatic carbocycles. The summed E-state index contributed by atoms with van der Waals surface area (Å²) in [7, 11) is 0. The minimum Gasteiger partial charge on any atom is -0.312 e. The first-order valence-corrected chi connectivity index (χ1v) is 5.46. The van der Waals surface area contributed by atoms with Crippen LogP contribution >= 0.6 is 0 Å². The van der Waals surface area contributed by atoms with Crippen molar-refractivity contribution in [3.05, 3.63) is 0 Å². The van der Waals surface area contributed by atoms with Crippen LogP contribution < -0.4 is 5.32 Å². The van der Waals surface area contributed by atoms with Gasteiger partial charge >= 0.3 is 0 Å². The first-order chi connectivity index (χ1) is 6.75. The summed E-state index contributed by atoms with van der Waals surface area (Å²) in [4.78, 5) is 16.9. The number of amides is 1. The number of hydrogen-bond donors (Lipinski definition) is 1. The molecule has 0 aromatic rings. The maximum Gasteiger partial charge on any atom is 0.248 e. The Hall–Kier alpha value is -0.610. The fourth-order valence-electron chi connectivity index (χ4n) is 2.09. The highest BCUT2D eigenvalue weighted by Gasteiger charge is 2.30. The summed E-state index contributed by atoms with van der Waals surface area (Å²) >= 11 is 0. The quantitative estimate of drug-likeness (QED) is 0.709. The molecular formula is C10H18N2O2. The van der Waals surface area contributed by atoms with Crippen LogP contribution in [0.2, 0.25) is 0 Å². The van der Waals surface area contributed by atoms with Crippen molar-refractivity contribution in [3.63, 3.8) is 0 Å². The second kappa shape index (κ2) is 4.28. The zero-order valence-electron chi connectivity index (χ0n) is 8.66. The molecule has 0 aromatic carbocycles. The van der Waals surface area contributed by atoms with Gasteiger partial charge < -0.3 is 5.32 Å². The second-order valence-corrected chi connectivity index (χ2v) is 4.22. The predicted octanol–water partition coefficient (Wildman–Crippen LogP) is 0.681. The number of piperidine rings is 1. The molecule has 1 amide bonds. The zero-order valence-corrected chi connectivity index (χ0v) is 8.66. The molecule has 4 heteroatoms. The highest BCUT2D eigenvalue weighted by molar-refractivity contribution is 5.77. The standard InChI is InChI=1S/C10H18N2O2/c1-8-6-10(13)12(14-8)7-9-4-2-3-5-11-9/h8-9,11H,2-7H2,1H3. The Balaban J connectivity index is 1.81. The number of hydrogen-bond acceptors (Lipinski definition) is 3. The molecule has 2 aliphatic rings. The molecule has 0 bridgehead atoms. The van der Waals surface area contributed by atoms with Gasteiger partial charge in [0.05, 0.1) is 19.1 Å². The van der Waals surface area contributed by atoms with E-state index in [1.807, 2.05) is 6.92 Å². The number of carbonyl (C=O) groups excluding carboxylic acids is 1. The molecule has 1 N–H and O–H groups in total. The van der Waals surface area contributed by atoms with Gasteiger partial charge in [0.15, 0.2) is 0 Å². The number of nitrogens with one attached hydrogen (secondary N) is 1. The van der Waals surface area contributed by atoms with E-state index in [1.54, 1.807) is 0 Å². The Morgan fingerprint density at radius 1 is 1.57 bits per heavy atom. The van der Waals surface area contributed by atoms with Crippen LogP contribution in [0.5, 0.6) is 0 Å². The van der Waals surface area contributed by atoms with Crippen LogP contribution in [0.3, 0.4) is 0 Å². The van der Waals surface area contributed by atoms with E-state index in [1.165, 1.54) is 17.9 Å². The van der Waals surface area contributed by atoms with Gasteiger partial charge in [-0.15, -0.1) is 0 Å². The molecule has 2 rings (SSSR count). The molecule has 0 saturated carbocycles. The molecule has 0 spiro atoms. The summed E-state index contributed by atoms with van der Waals surface area (Å²) in [5, 5.41) is 4.94. The van der Waals surface area contributed by atoms with Gasteiger partial charge in [-0.3, -0.25) is 9.63 Å². The maximum absolute atomic E-state index is 11.4. The van der Waals surface area contributed by atoms with Gasteiger partial charge in [0, 0.05) is 6.04 Å². The van der Waals surface area contributed by atoms with Gasteiger partial charge in [0.25, 0.3) is 0 Å². The predicted molar refractivity (Wildman–Crippen MR) is 52.5 cm³/mol. The van der Waals surface area contributed by atoms with Gasteiger partial charge in [-0.25, -0.2) is 5.06 Å². The first-order valence-electron chi connectivity index (χ1n) is 5.46. The summed E-state index contributed by atoms with van der Waals surface area (Å²) in [5.74, 6) is 0.130. The van der Waals surface area contributed by atoms with Crippen molar-refractivity contribution in [2.45, 2.75) is 44.8 Å². The van der Waals surface area contributed by atoms with E-state index in [0.29, 0.717) is 19.0 Å². The van der Waals surface area contributed by atoms with Crippen LogP contribution in [0, 0.1) is 0 Å². The summed E-state index contributed by atoms with van der Waals surface area (Å²) < 4.78 is 0. The highest BCUT2D eigenvalue weighted by Crippen LogP contribution is 2.16. The fraction of sp³-hybridized carbons (Fsp3) is 0.900. The molecule has 2 aliphatic heterocycles. The lowest BCUT2D eigenvalue weighted by molar-refractivity contribution is -0.173. The van der Waals surface area contributed by atoms with Crippen molar-refractivity contribution in [2.24, 2.45) is 0 Å². The molecule has 0 radical (unpaired) electrons. The van der Waals surface area contributed by atoms with Crippen molar-refractivity contribution in [1.82, 2.24) is 10.4 Å². The lowest BCUT2D eigenvalue weighted by Gasteiger charge is -2.27. The lowest BCUT2D eigenvalue weighted by atomic mass is 10.1. The maximum atomic E-state index is 11.4. The molecule has 0 aromatic heterocycles. The normalized spacial score (nSPS) is 33.8. The third-order valence-corrected chi connectivity index (χ3v) is 2.85. The molecule has 80 valence electrons. The van der Waals surface area contributed by atoms with Crippen LogP contribution in [-0.2, 0) is 9.63 Å². The SMILES string of the molecule is CC1CC(=O)N(CC2CCCCN2)O1. The van der Waals surface area contributed by atoms with Gasteiger partial charge in [0.1, 0.15) is 0 Å². The summed E-state index contributed by atoms with van der Waals surface area (Å²) in [6.45, 7) is 3.72. The van der Waals surface area contributed by atoms with Crippen LogP contribution in [0.1, 0.15) is 32.6 Å². The Morgan fingerprint density at radius 3 is 3.00 bits per heavy atom. The summed E-state index contributed by atoms with van der Waals surface area (Å²) in [6, 6.07) is 0.429. The number of rotatable bonds is 2. The topological polar surface area (TPSA) is 41.6 Å². The second-order valence-electron chi connectivity index (χ2n) is 4.22. The van der Waals surface area contributed by atoms with E-state index < -0.39 is 0 Å². The molecule has 2 heterocycles. The van der Waals surface area contributed by atoms with Crippen LogP contribution in [0.4, 0.5) is 0 Å². The van der Waals surface area contributed by atoms with E-state index in [-0.39, 0.29) is 12.0 Å². The Labute approximate surface area is 84.6 Å². The van der Waals surface area contributed by atoms with Gasteiger partial charge in [-0.1, -0.05) is 6.42 Å². The van der Waals surface area contributed by atoms with Gasteiger partial charge in [-0.2, -0.15) is 0 Å². The Morgan fingerprint density at radius 2 is 2.43 bits per heavy atom. The number of nitrogens with zero attached hydrogens (tertiary/aromatic N) is 1. The molecular weight excluding hydrogens is 180 g/mol. The number of hydroxylamine groups is 2. The highest BCUT2D eigenvalue weighted by atomic mass is 16.7. The molecule has 14 heavy (non-hydrogen) atoms. The van der Waals surface area contributed by atoms with E-state index in [2.05, 4.69) is 5.32 Å². The lowest BCUT2D eigenvalue weighted by Crippen LogP contribution is -2.43. The molecule has 2 fully saturated rings. The molecule has 2 atom stereocenters. The minimum absolute atomic E-state index is 0.0612. The molecule has 2 unspecified atom stereocenters. The first kappa shape index (κ1) is 9.93. The largest absolute Gasteiger partial charge is 0.312 e. The van der Waals surface area contributed by atoms with Crippen molar-refractivity contribution in [3.8, 4) is 0 Å². The summed E-state index contributed by atoms with van der Waals surface area (Å²) in [6.07, 6.45) is 4.26. The van der Waals surface area contributed by atoms with Crippen molar-refractivity contribution in [1.29, 1.82) is 0 Å².